The number of hydrogen-bond donors (Lipinski definition) is 2. The van der Waals surface area contributed by atoms with E-state index in [2.05, 4.69) is 70.1 Å². The number of hydrogen-bond acceptors (Lipinski definition) is 6. The highest BCUT2D eigenvalue weighted by Crippen LogP contribution is 2.42. The second-order valence-corrected chi connectivity index (χ2v) is 12.8. The van der Waals surface area contributed by atoms with Crippen LogP contribution in [0.4, 0.5) is 11.4 Å². The molecule has 4 atom stereocenters. The number of anilines is 2. The van der Waals surface area contributed by atoms with Gasteiger partial charge in [-0.15, -0.1) is 24.0 Å². The lowest BCUT2D eigenvalue weighted by molar-refractivity contribution is -0.110. The summed E-state index contributed by atoms with van der Waals surface area (Å²) >= 11 is 0. The number of halogens is 1. The van der Waals surface area contributed by atoms with Crippen molar-refractivity contribution in [2.24, 2.45) is 0 Å². The monoisotopic (exact) mass is 691 g/mol. The maximum Gasteiger partial charge on any atom is 0.152 e. The summed E-state index contributed by atoms with van der Waals surface area (Å²) in [4.78, 5) is 25.3. The van der Waals surface area contributed by atoms with E-state index in [1.54, 1.807) is 13.8 Å². The first-order valence-electron chi connectivity index (χ1n) is 13.3. The second-order valence-electron chi connectivity index (χ2n) is 9.38. The van der Waals surface area contributed by atoms with Gasteiger partial charge >= 0.3 is 0 Å². The van der Waals surface area contributed by atoms with Crippen LogP contribution in [0.15, 0.2) is 65.1 Å². The molecule has 0 fully saturated rings. The number of allylic oxidation sites excluding steroid dienone is 1. The Morgan fingerprint density at radius 2 is 1.62 bits per heavy atom. The van der Waals surface area contributed by atoms with Crippen LogP contribution in [0.2, 0.25) is 0 Å². The second kappa shape index (κ2) is 13.9. The Balaban J connectivity index is 0.00000144. The van der Waals surface area contributed by atoms with Crippen molar-refractivity contribution in [3.8, 4) is 11.1 Å². The number of carbonyl (C=O) groups is 2. The Kier molecular flexibility index (Phi) is 11.2. The molecule has 0 spiro atoms. The summed E-state index contributed by atoms with van der Waals surface area (Å²) in [6.07, 6.45) is 2.03. The van der Waals surface area contributed by atoms with E-state index in [0.717, 1.165) is 55.7 Å². The van der Waals surface area contributed by atoms with Gasteiger partial charge in [0.05, 0.1) is 11.4 Å². The Labute approximate surface area is 258 Å². The van der Waals surface area contributed by atoms with Crippen molar-refractivity contribution in [2.75, 3.05) is 17.3 Å². The van der Waals surface area contributed by atoms with Crippen LogP contribution in [0.1, 0.15) is 48.5 Å². The van der Waals surface area contributed by atoms with Crippen molar-refractivity contribution >= 4 is 91.2 Å². The highest BCUT2D eigenvalue weighted by molar-refractivity contribution is 14.0. The van der Waals surface area contributed by atoms with E-state index in [4.69, 9.17) is 4.42 Å². The summed E-state index contributed by atoms with van der Waals surface area (Å²) < 4.78 is 6.33. The van der Waals surface area contributed by atoms with Gasteiger partial charge in [0.1, 0.15) is 22.6 Å². The average molecular weight is 692 g/mol. The molecule has 1 aromatic heterocycles. The van der Waals surface area contributed by atoms with Gasteiger partial charge in [-0.1, -0.05) is 38.1 Å². The molecular weight excluding hydrogens is 651 g/mol. The van der Waals surface area contributed by atoms with Crippen LogP contribution in [0.3, 0.4) is 0 Å². The van der Waals surface area contributed by atoms with Gasteiger partial charge in [-0.05, 0) is 92.4 Å². The van der Waals surface area contributed by atoms with Crippen LogP contribution in [0.5, 0.6) is 0 Å². The lowest BCUT2D eigenvalue weighted by Crippen LogP contribution is -2.28. The highest BCUT2D eigenvalue weighted by Gasteiger charge is 2.27. The molecule has 0 bridgehead atoms. The van der Waals surface area contributed by atoms with E-state index in [1.165, 1.54) is 0 Å². The van der Waals surface area contributed by atoms with Gasteiger partial charge < -0.3 is 20.0 Å². The number of nitrogens with one attached hydrogen (secondary N) is 2. The lowest BCUT2D eigenvalue weighted by Gasteiger charge is -2.20. The molecule has 1 aliphatic rings. The third kappa shape index (κ3) is 6.87. The molecule has 6 nitrogen and oxygen atoms in total. The predicted molar refractivity (Wildman–Crippen MR) is 188 cm³/mol. The van der Waals surface area contributed by atoms with Crippen molar-refractivity contribution in [1.29, 1.82) is 0 Å². The molecule has 4 unspecified atom stereocenters. The van der Waals surface area contributed by atoms with E-state index in [0.29, 0.717) is 0 Å². The fourth-order valence-electron chi connectivity index (χ4n) is 4.87. The number of fused-ring (bicyclic) bond motifs is 4. The van der Waals surface area contributed by atoms with Crippen LogP contribution in [0, 0.1) is 0 Å². The van der Waals surface area contributed by atoms with Gasteiger partial charge in [-0.3, -0.25) is 9.59 Å². The number of rotatable bonds is 8. The zero-order chi connectivity index (χ0) is 28.3. The SMILES string of the molecule is C/C=C(\NC(C)PC(C)=O)c1ccc2c(c1)oc1cc(-c3ccc4c(c3)N(C)C(PC(C)=O)N4)ccc12.CC.I.[HH]. The van der Waals surface area contributed by atoms with E-state index < -0.39 is 0 Å². The molecule has 1 aliphatic heterocycles. The summed E-state index contributed by atoms with van der Waals surface area (Å²) in [6, 6.07) is 19.0. The van der Waals surface area contributed by atoms with E-state index in [-0.39, 0.29) is 65.3 Å². The summed E-state index contributed by atoms with van der Waals surface area (Å²) in [5.74, 6) is 0.0923. The number of carbonyl (C=O) groups excluding carboxylic acids is 2. The Morgan fingerprint density at radius 3 is 2.27 bits per heavy atom. The average Bonchev–Trinajstić information content (AvgIpc) is 3.43. The smallest absolute Gasteiger partial charge is 0.152 e. The van der Waals surface area contributed by atoms with Gasteiger partial charge in [0, 0.05) is 36.3 Å². The van der Waals surface area contributed by atoms with Crippen LogP contribution in [0.25, 0.3) is 38.8 Å². The van der Waals surface area contributed by atoms with E-state index >= 15 is 0 Å². The minimum Gasteiger partial charge on any atom is -0.456 e. The fourth-order valence-corrected chi connectivity index (χ4v) is 6.65. The van der Waals surface area contributed by atoms with Gasteiger partial charge in [0.15, 0.2) is 5.52 Å². The van der Waals surface area contributed by atoms with Crippen molar-refractivity contribution in [3.63, 3.8) is 0 Å². The largest absolute Gasteiger partial charge is 0.456 e. The third-order valence-corrected chi connectivity index (χ3v) is 8.79. The van der Waals surface area contributed by atoms with Crippen molar-refractivity contribution in [2.45, 2.75) is 53.2 Å². The third-order valence-electron chi connectivity index (χ3n) is 6.60. The molecule has 4 aromatic rings. The molecule has 40 heavy (non-hydrogen) atoms. The minimum atomic E-state index is 0. The van der Waals surface area contributed by atoms with Gasteiger partial charge in [-0.2, -0.15) is 0 Å². The minimum absolute atomic E-state index is 0. The summed E-state index contributed by atoms with van der Waals surface area (Å²) in [7, 11) is 2.44. The summed E-state index contributed by atoms with van der Waals surface area (Å²) in [5.41, 5.74) is 8.41. The molecule has 2 heterocycles. The molecule has 9 heteroatoms. The maximum absolute atomic E-state index is 11.7. The first-order valence-corrected chi connectivity index (χ1v) is 15.5. The molecule has 5 rings (SSSR count). The highest BCUT2D eigenvalue weighted by atomic mass is 127. The van der Waals surface area contributed by atoms with E-state index in [1.807, 2.05) is 40.8 Å². The molecular formula is C31H40IN3O3P2. The molecule has 2 N–H and O–H groups in total. The Morgan fingerprint density at radius 1 is 1.00 bits per heavy atom. The number of furan rings is 1. The maximum atomic E-state index is 11.7. The standard InChI is InChI=1S/C29H31N3O3P2.C2H6.HI.H2/c1-6-24(30-16(2)36-17(3)33)21-8-11-23-22-10-7-20(14-27(22)35-28(23)15-21)19-9-12-25-26(13-19)32(5)29(31-25)37-18(4)34;1-2;;/h6-16,29-31,36-37H,1-5H3;1-2H3;2*1H/b24-6-;;;. The summed E-state index contributed by atoms with van der Waals surface area (Å²) in [6.45, 7) is 11.3. The first kappa shape index (κ1) is 32.0. The van der Waals surface area contributed by atoms with Crippen LogP contribution >= 0.6 is 41.1 Å². The van der Waals surface area contributed by atoms with Crippen LogP contribution in [-0.2, 0) is 9.59 Å². The molecule has 0 aliphatic carbocycles. The zero-order valence-corrected chi connectivity index (χ0v) is 28.3. The normalized spacial score (nSPS) is 15.6. The molecule has 214 valence electrons. The van der Waals surface area contributed by atoms with Crippen molar-refractivity contribution in [3.05, 3.63) is 66.2 Å². The Bertz CT molecular complexity index is 1570. The molecule has 0 amide bonds. The van der Waals surface area contributed by atoms with Gasteiger partial charge in [0.25, 0.3) is 0 Å². The summed E-state index contributed by atoms with van der Waals surface area (Å²) in [5, 5.41) is 9.07. The fraction of sp³-hybridized carbons (Fsp3) is 0.290. The Hall–Kier alpha value is -2.47. The number of benzene rings is 3. The quantitative estimate of drug-likeness (QED) is 0.142. The topological polar surface area (TPSA) is 74.6 Å². The number of nitrogens with zero attached hydrogens (tertiary/aromatic N) is 1. The van der Waals surface area contributed by atoms with Crippen molar-refractivity contribution < 1.29 is 15.4 Å². The lowest BCUT2D eigenvalue weighted by atomic mass is 10.0. The van der Waals surface area contributed by atoms with Crippen molar-refractivity contribution in [1.82, 2.24) is 5.32 Å². The molecule has 3 aromatic carbocycles. The zero-order valence-electron chi connectivity index (χ0n) is 24.0. The van der Waals surface area contributed by atoms with Gasteiger partial charge in [-0.25, -0.2) is 0 Å². The first-order chi connectivity index (χ1) is 18.7. The predicted octanol–water partition coefficient (Wildman–Crippen LogP) is 9.03. The van der Waals surface area contributed by atoms with E-state index in [9.17, 15) is 9.59 Å². The van der Waals surface area contributed by atoms with Crippen LogP contribution < -0.4 is 15.5 Å². The van der Waals surface area contributed by atoms with Crippen LogP contribution in [-0.4, -0.2) is 29.8 Å². The molecule has 0 saturated heterocycles. The molecule has 0 radical (unpaired) electrons. The van der Waals surface area contributed by atoms with Gasteiger partial charge in [0.2, 0.25) is 0 Å². The molecule has 0 saturated carbocycles.